The number of aromatic hydroxyl groups is 1. The first-order valence-corrected chi connectivity index (χ1v) is 8.87. The number of hydrogen-bond acceptors (Lipinski definition) is 4. The molecule has 0 unspecified atom stereocenters. The monoisotopic (exact) mass is 396 g/mol. The van der Waals surface area contributed by atoms with E-state index in [2.05, 4.69) is 15.4 Å². The molecule has 2 aromatic carbocycles. The second kappa shape index (κ2) is 7.16. The number of alkyl halides is 3. The summed E-state index contributed by atoms with van der Waals surface area (Å²) in [4.78, 5) is 4.60. The molecule has 29 heavy (non-hydrogen) atoms. The summed E-state index contributed by atoms with van der Waals surface area (Å²) in [5.41, 5.74) is 2.64. The van der Waals surface area contributed by atoms with Crippen molar-refractivity contribution < 1.29 is 18.3 Å². The second-order valence-corrected chi connectivity index (χ2v) is 6.65. The molecule has 2 N–H and O–H groups in total. The summed E-state index contributed by atoms with van der Waals surface area (Å²) in [6.45, 7) is 0.302. The molecule has 0 spiro atoms. The lowest BCUT2D eigenvalue weighted by Crippen LogP contribution is -2.10. The van der Waals surface area contributed by atoms with Crippen molar-refractivity contribution in [2.75, 3.05) is 5.32 Å². The van der Waals surface area contributed by atoms with Gasteiger partial charge in [-0.2, -0.15) is 22.8 Å². The van der Waals surface area contributed by atoms with Crippen LogP contribution in [0.5, 0.6) is 5.75 Å². The average Bonchev–Trinajstić information content (AvgIpc) is 3.07. The Kier molecular flexibility index (Phi) is 4.66. The van der Waals surface area contributed by atoms with Crippen molar-refractivity contribution in [3.8, 4) is 17.0 Å². The van der Waals surface area contributed by atoms with Crippen molar-refractivity contribution >= 4 is 24.8 Å². The lowest BCUT2D eigenvalue weighted by Gasteiger charge is -2.12. The van der Waals surface area contributed by atoms with E-state index >= 15 is 0 Å². The topological polar surface area (TPSA) is 62.5 Å². The molecule has 2 aromatic heterocycles. The summed E-state index contributed by atoms with van der Waals surface area (Å²) in [5, 5.41) is 17.7. The number of anilines is 1. The smallest absolute Gasteiger partial charge is 0.416 e. The third-order valence-corrected chi connectivity index (χ3v) is 4.58. The van der Waals surface area contributed by atoms with E-state index in [9.17, 15) is 18.3 Å². The summed E-state index contributed by atoms with van der Waals surface area (Å²) in [6.07, 6.45) is -2.68. The van der Waals surface area contributed by atoms with Crippen LogP contribution in [-0.2, 0) is 12.7 Å². The summed E-state index contributed by atoms with van der Waals surface area (Å²) in [5.74, 6) is 0.719. The number of hydrogen-bond donors (Lipinski definition) is 2. The van der Waals surface area contributed by atoms with E-state index in [1.165, 1.54) is 12.1 Å². The van der Waals surface area contributed by atoms with Gasteiger partial charge in [-0.25, -0.2) is 4.98 Å². The molecule has 0 aliphatic heterocycles. The zero-order valence-electron chi connectivity index (χ0n) is 15.4. The number of para-hydroxylation sites is 1. The molecule has 0 radical (unpaired) electrons. The molecule has 0 saturated heterocycles. The van der Waals surface area contributed by atoms with Crippen LogP contribution in [-0.4, -0.2) is 27.6 Å². The van der Waals surface area contributed by atoms with E-state index in [0.717, 1.165) is 17.6 Å². The van der Waals surface area contributed by atoms with Crippen LogP contribution in [0.4, 0.5) is 19.0 Å². The number of nitrogens with one attached hydrogen (secondary N) is 1. The number of fused-ring (bicyclic) bond motifs is 1. The highest BCUT2D eigenvalue weighted by atomic mass is 19.4. The van der Waals surface area contributed by atoms with E-state index in [4.69, 9.17) is 0 Å². The van der Waals surface area contributed by atoms with Gasteiger partial charge in [-0.3, -0.25) is 0 Å². The molecular weight excluding hydrogens is 380 g/mol. The van der Waals surface area contributed by atoms with Crippen molar-refractivity contribution in [3.63, 3.8) is 0 Å². The van der Waals surface area contributed by atoms with Crippen LogP contribution in [0.25, 0.3) is 16.9 Å². The minimum absolute atomic E-state index is 0.107. The molecule has 0 aliphatic carbocycles. The predicted octanol–water partition coefficient (Wildman–Crippen LogP) is 2.99. The highest BCUT2D eigenvalue weighted by Gasteiger charge is 2.29. The number of benzene rings is 2. The van der Waals surface area contributed by atoms with E-state index in [1.807, 2.05) is 7.85 Å². The van der Waals surface area contributed by atoms with Crippen LogP contribution in [0, 0.1) is 0 Å². The Hall–Kier alpha value is -3.49. The fourth-order valence-corrected chi connectivity index (χ4v) is 3.03. The molecular formula is C20H16BF3N4O. The maximum Gasteiger partial charge on any atom is 0.416 e. The van der Waals surface area contributed by atoms with Crippen LogP contribution in [0.3, 0.4) is 0 Å². The molecule has 2 heterocycles. The Bertz CT molecular complexity index is 1170. The first-order valence-electron chi connectivity index (χ1n) is 8.87. The number of aromatic nitrogens is 3. The SMILES string of the molecule is Bc1cnn2c(NCc3ccc(C(F)(F)F)cc3)cc(-c3ccccc3O)nc12. The van der Waals surface area contributed by atoms with Crippen LogP contribution in [0.1, 0.15) is 11.1 Å². The molecule has 5 nitrogen and oxygen atoms in total. The molecule has 4 aromatic rings. The van der Waals surface area contributed by atoms with Gasteiger partial charge in [0.15, 0.2) is 5.65 Å². The van der Waals surface area contributed by atoms with Gasteiger partial charge in [0.1, 0.15) is 19.4 Å². The third kappa shape index (κ3) is 3.76. The Morgan fingerprint density at radius 1 is 1.07 bits per heavy atom. The van der Waals surface area contributed by atoms with Crippen molar-refractivity contribution in [1.29, 1.82) is 0 Å². The third-order valence-electron chi connectivity index (χ3n) is 4.58. The molecule has 0 atom stereocenters. The average molecular weight is 396 g/mol. The standard InChI is InChI=1S/C20H16BF3N4O/c21-15-11-26-28-18(25-10-12-5-7-13(8-6-12)20(22,23)24)9-16(27-19(15)28)14-3-1-2-4-17(14)29/h1-9,11,25,29H,10,21H2. The molecule has 0 saturated carbocycles. The fraction of sp³-hybridized carbons (Fsp3) is 0.100. The van der Waals surface area contributed by atoms with Gasteiger partial charge < -0.3 is 10.4 Å². The van der Waals surface area contributed by atoms with Gasteiger partial charge in [0.25, 0.3) is 0 Å². The zero-order valence-corrected chi connectivity index (χ0v) is 15.4. The summed E-state index contributed by atoms with van der Waals surface area (Å²) < 4.78 is 39.8. The van der Waals surface area contributed by atoms with Crippen LogP contribution < -0.4 is 10.8 Å². The maximum atomic E-state index is 12.7. The van der Waals surface area contributed by atoms with Gasteiger partial charge in [0.05, 0.1) is 11.3 Å². The maximum absolute atomic E-state index is 12.7. The molecule has 0 aliphatic rings. The van der Waals surface area contributed by atoms with Crippen molar-refractivity contribution in [3.05, 3.63) is 71.9 Å². The summed E-state index contributed by atoms with van der Waals surface area (Å²) in [6, 6.07) is 13.6. The van der Waals surface area contributed by atoms with Crippen molar-refractivity contribution in [2.24, 2.45) is 0 Å². The van der Waals surface area contributed by atoms with E-state index in [1.54, 1.807) is 41.0 Å². The molecule has 4 rings (SSSR count). The Morgan fingerprint density at radius 2 is 1.79 bits per heavy atom. The molecule has 146 valence electrons. The lowest BCUT2D eigenvalue weighted by molar-refractivity contribution is -0.137. The van der Waals surface area contributed by atoms with Gasteiger partial charge in [-0.1, -0.05) is 24.3 Å². The number of rotatable bonds is 4. The Labute approximate surface area is 165 Å². The number of phenolic OH excluding ortho intramolecular Hbond substituents is 1. The summed E-state index contributed by atoms with van der Waals surface area (Å²) in [7, 11) is 1.88. The first kappa shape index (κ1) is 18.9. The van der Waals surface area contributed by atoms with Gasteiger partial charge >= 0.3 is 6.18 Å². The minimum Gasteiger partial charge on any atom is -0.507 e. The zero-order chi connectivity index (χ0) is 20.6. The minimum atomic E-state index is -4.36. The van der Waals surface area contributed by atoms with E-state index < -0.39 is 11.7 Å². The summed E-state index contributed by atoms with van der Waals surface area (Å²) >= 11 is 0. The number of phenols is 1. The van der Waals surface area contributed by atoms with Gasteiger partial charge in [0.2, 0.25) is 0 Å². The largest absolute Gasteiger partial charge is 0.507 e. The number of halogens is 3. The first-order chi connectivity index (χ1) is 13.8. The molecule has 0 fully saturated rings. The Morgan fingerprint density at radius 3 is 2.48 bits per heavy atom. The van der Waals surface area contributed by atoms with Crippen LogP contribution in [0.15, 0.2) is 60.8 Å². The van der Waals surface area contributed by atoms with Crippen molar-refractivity contribution in [1.82, 2.24) is 14.6 Å². The molecule has 0 amide bonds. The lowest BCUT2D eigenvalue weighted by atomic mass is 10.0. The normalized spacial score (nSPS) is 11.7. The van der Waals surface area contributed by atoms with Gasteiger partial charge in [0, 0.05) is 24.4 Å². The second-order valence-electron chi connectivity index (χ2n) is 6.65. The van der Waals surface area contributed by atoms with Gasteiger partial charge in [-0.15, -0.1) is 0 Å². The highest BCUT2D eigenvalue weighted by molar-refractivity contribution is 6.36. The van der Waals surface area contributed by atoms with Gasteiger partial charge in [-0.05, 0) is 35.3 Å². The fourth-order valence-electron chi connectivity index (χ4n) is 3.03. The Balaban J connectivity index is 1.67. The van der Waals surface area contributed by atoms with Crippen LogP contribution >= 0.6 is 0 Å². The number of nitrogens with zero attached hydrogens (tertiary/aromatic N) is 3. The molecule has 9 heteroatoms. The highest BCUT2D eigenvalue weighted by Crippen LogP contribution is 2.30. The van der Waals surface area contributed by atoms with E-state index in [0.29, 0.717) is 34.8 Å². The molecule has 0 bridgehead atoms. The van der Waals surface area contributed by atoms with Crippen molar-refractivity contribution in [2.45, 2.75) is 12.7 Å². The van der Waals surface area contributed by atoms with E-state index in [-0.39, 0.29) is 5.75 Å². The quantitative estimate of drug-likeness (QED) is 0.521. The predicted molar refractivity (Wildman–Crippen MR) is 107 cm³/mol. The van der Waals surface area contributed by atoms with Crippen LogP contribution in [0.2, 0.25) is 0 Å².